The Morgan fingerprint density at radius 1 is 1.38 bits per heavy atom. The molecule has 0 saturated carbocycles. The highest BCUT2D eigenvalue weighted by atomic mass is 16.4. The van der Waals surface area contributed by atoms with Gasteiger partial charge in [-0.3, -0.25) is 4.79 Å². The third kappa shape index (κ3) is 2.90. The zero-order valence-corrected chi connectivity index (χ0v) is 7.73. The summed E-state index contributed by atoms with van der Waals surface area (Å²) in [7, 11) is 0. The van der Waals surface area contributed by atoms with Crippen molar-refractivity contribution in [3.63, 3.8) is 0 Å². The van der Waals surface area contributed by atoms with E-state index in [0.717, 1.165) is 5.56 Å². The van der Waals surface area contributed by atoms with Crippen LogP contribution in [0.4, 0.5) is 0 Å². The molecule has 2 heteroatoms. The molecule has 1 atom stereocenters. The topological polar surface area (TPSA) is 37.3 Å². The molecule has 0 unspecified atom stereocenters. The second-order valence-corrected chi connectivity index (χ2v) is 3.13. The van der Waals surface area contributed by atoms with Crippen LogP contribution >= 0.6 is 0 Å². The number of carboxylic acid groups (broad SMARTS) is 1. The van der Waals surface area contributed by atoms with Gasteiger partial charge >= 0.3 is 5.97 Å². The second-order valence-electron chi connectivity index (χ2n) is 3.13. The maximum absolute atomic E-state index is 10.7. The Hall–Kier alpha value is -1.31. The molecule has 0 spiro atoms. The first-order valence-electron chi connectivity index (χ1n) is 4.50. The van der Waals surface area contributed by atoms with Gasteiger partial charge in [0.2, 0.25) is 0 Å². The van der Waals surface area contributed by atoms with Crippen molar-refractivity contribution >= 4 is 5.97 Å². The number of carbonyl (C=O) groups is 1. The van der Waals surface area contributed by atoms with Crippen molar-refractivity contribution in [1.82, 2.24) is 0 Å². The van der Waals surface area contributed by atoms with Crippen molar-refractivity contribution in [1.29, 1.82) is 0 Å². The summed E-state index contributed by atoms with van der Waals surface area (Å²) in [4.78, 5) is 10.7. The van der Waals surface area contributed by atoms with Crippen molar-refractivity contribution in [2.45, 2.75) is 19.8 Å². The number of rotatable bonds is 4. The molecule has 2 nitrogen and oxygen atoms in total. The smallest absolute Gasteiger partial charge is 0.306 e. The van der Waals surface area contributed by atoms with Gasteiger partial charge in [-0.1, -0.05) is 37.3 Å². The number of benzene rings is 1. The summed E-state index contributed by atoms with van der Waals surface area (Å²) in [6, 6.07) is 9.73. The van der Waals surface area contributed by atoms with Gasteiger partial charge in [-0.05, 0) is 18.4 Å². The largest absolute Gasteiger partial charge is 0.481 e. The number of aliphatic carboxylic acids is 1. The van der Waals surface area contributed by atoms with Gasteiger partial charge in [0.15, 0.2) is 0 Å². The van der Waals surface area contributed by atoms with Crippen molar-refractivity contribution in [2.75, 3.05) is 0 Å². The molecule has 0 aliphatic rings. The van der Waals surface area contributed by atoms with Crippen LogP contribution in [0.3, 0.4) is 0 Å². The SMILES string of the molecule is CC[C@H](Cc1ccccc1)C(=O)O. The summed E-state index contributed by atoms with van der Waals surface area (Å²) in [6.07, 6.45) is 1.32. The quantitative estimate of drug-likeness (QED) is 0.768. The van der Waals surface area contributed by atoms with E-state index in [9.17, 15) is 4.79 Å². The molecule has 0 aromatic heterocycles. The van der Waals surface area contributed by atoms with E-state index >= 15 is 0 Å². The summed E-state index contributed by atoms with van der Waals surface area (Å²) in [5.41, 5.74) is 1.09. The minimum absolute atomic E-state index is 0.248. The van der Waals surface area contributed by atoms with Crippen LogP contribution in [0.2, 0.25) is 0 Å². The number of hydrogen-bond acceptors (Lipinski definition) is 1. The molecular formula is C11H14O2. The fourth-order valence-electron chi connectivity index (χ4n) is 1.30. The maximum atomic E-state index is 10.7. The molecule has 70 valence electrons. The Bertz CT molecular complexity index is 267. The predicted octanol–water partition coefficient (Wildman–Crippen LogP) is 2.34. The lowest BCUT2D eigenvalue weighted by Gasteiger charge is -2.08. The van der Waals surface area contributed by atoms with Gasteiger partial charge < -0.3 is 5.11 Å². The average Bonchev–Trinajstić information content (AvgIpc) is 2.15. The van der Waals surface area contributed by atoms with E-state index in [1.807, 2.05) is 37.3 Å². The monoisotopic (exact) mass is 178 g/mol. The molecule has 1 aromatic carbocycles. The Morgan fingerprint density at radius 3 is 2.46 bits per heavy atom. The molecule has 13 heavy (non-hydrogen) atoms. The third-order valence-electron chi connectivity index (χ3n) is 2.17. The van der Waals surface area contributed by atoms with Crippen LogP contribution < -0.4 is 0 Å². The van der Waals surface area contributed by atoms with Crippen LogP contribution in [0.15, 0.2) is 30.3 Å². The first-order chi connectivity index (χ1) is 6.24. The standard InChI is InChI=1S/C11H14O2/c1-2-10(11(12)13)8-9-6-4-3-5-7-9/h3-7,10H,2,8H2,1H3,(H,12,13)/t10-/m1/s1. The summed E-state index contributed by atoms with van der Waals surface area (Å²) in [5, 5.41) is 8.83. The lowest BCUT2D eigenvalue weighted by atomic mass is 9.97. The Labute approximate surface area is 78.2 Å². The minimum atomic E-state index is -0.702. The summed E-state index contributed by atoms with van der Waals surface area (Å²) in [6.45, 7) is 1.90. The Morgan fingerprint density at radius 2 is 2.00 bits per heavy atom. The van der Waals surface area contributed by atoms with Crippen LogP contribution in [0.5, 0.6) is 0 Å². The third-order valence-corrected chi connectivity index (χ3v) is 2.17. The molecule has 0 amide bonds. The van der Waals surface area contributed by atoms with E-state index in [-0.39, 0.29) is 5.92 Å². The number of carboxylic acids is 1. The molecule has 0 aliphatic carbocycles. The van der Waals surface area contributed by atoms with E-state index < -0.39 is 5.97 Å². The summed E-state index contributed by atoms with van der Waals surface area (Å²) < 4.78 is 0. The lowest BCUT2D eigenvalue weighted by Crippen LogP contribution is -2.15. The lowest BCUT2D eigenvalue weighted by molar-refractivity contribution is -0.141. The highest BCUT2D eigenvalue weighted by molar-refractivity contribution is 5.70. The van der Waals surface area contributed by atoms with Gasteiger partial charge in [0.25, 0.3) is 0 Å². The molecule has 1 rings (SSSR count). The zero-order chi connectivity index (χ0) is 9.68. The average molecular weight is 178 g/mol. The highest BCUT2D eigenvalue weighted by Gasteiger charge is 2.14. The van der Waals surface area contributed by atoms with Crippen LogP contribution in [0.25, 0.3) is 0 Å². The summed E-state index contributed by atoms with van der Waals surface area (Å²) in [5.74, 6) is -0.950. The van der Waals surface area contributed by atoms with Crippen molar-refractivity contribution in [2.24, 2.45) is 5.92 Å². The normalized spacial score (nSPS) is 12.4. The van der Waals surface area contributed by atoms with E-state index in [2.05, 4.69) is 0 Å². The maximum Gasteiger partial charge on any atom is 0.306 e. The van der Waals surface area contributed by atoms with Crippen molar-refractivity contribution in [3.8, 4) is 0 Å². The zero-order valence-electron chi connectivity index (χ0n) is 7.73. The highest BCUT2D eigenvalue weighted by Crippen LogP contribution is 2.11. The first-order valence-corrected chi connectivity index (χ1v) is 4.50. The Balaban J connectivity index is 2.62. The van der Waals surface area contributed by atoms with Gasteiger partial charge in [-0.25, -0.2) is 0 Å². The molecule has 0 saturated heterocycles. The fraction of sp³-hybridized carbons (Fsp3) is 0.364. The molecule has 0 heterocycles. The van der Waals surface area contributed by atoms with Crippen molar-refractivity contribution in [3.05, 3.63) is 35.9 Å². The Kier molecular flexibility index (Phi) is 3.50. The van der Waals surface area contributed by atoms with E-state index in [1.54, 1.807) is 0 Å². The summed E-state index contributed by atoms with van der Waals surface area (Å²) >= 11 is 0. The minimum Gasteiger partial charge on any atom is -0.481 e. The predicted molar refractivity (Wildman–Crippen MR) is 51.6 cm³/mol. The second kappa shape index (κ2) is 4.65. The molecule has 0 radical (unpaired) electrons. The van der Waals surface area contributed by atoms with Gasteiger partial charge in [-0.15, -0.1) is 0 Å². The molecule has 0 bridgehead atoms. The molecule has 1 aromatic rings. The van der Waals surface area contributed by atoms with Crippen molar-refractivity contribution < 1.29 is 9.90 Å². The van der Waals surface area contributed by atoms with E-state index in [1.165, 1.54) is 0 Å². The molecule has 0 aliphatic heterocycles. The molecule has 0 fully saturated rings. The molecule has 1 N–H and O–H groups in total. The van der Waals surface area contributed by atoms with E-state index in [4.69, 9.17) is 5.11 Å². The van der Waals surface area contributed by atoms with Crippen LogP contribution in [-0.2, 0) is 11.2 Å². The molecular weight excluding hydrogens is 164 g/mol. The fourth-order valence-corrected chi connectivity index (χ4v) is 1.30. The first kappa shape index (κ1) is 9.78. The van der Waals surface area contributed by atoms with Crippen LogP contribution in [-0.4, -0.2) is 11.1 Å². The van der Waals surface area contributed by atoms with Crippen LogP contribution in [0, 0.1) is 5.92 Å². The van der Waals surface area contributed by atoms with Gasteiger partial charge in [0, 0.05) is 0 Å². The van der Waals surface area contributed by atoms with Crippen LogP contribution in [0.1, 0.15) is 18.9 Å². The van der Waals surface area contributed by atoms with Gasteiger partial charge in [0.1, 0.15) is 0 Å². The number of hydrogen-bond donors (Lipinski definition) is 1. The van der Waals surface area contributed by atoms with Gasteiger partial charge in [-0.2, -0.15) is 0 Å². The van der Waals surface area contributed by atoms with Gasteiger partial charge in [0.05, 0.1) is 5.92 Å². The van der Waals surface area contributed by atoms with E-state index in [0.29, 0.717) is 12.8 Å².